The van der Waals surface area contributed by atoms with Crippen LogP contribution in [0, 0.1) is 6.92 Å². The normalized spacial score (nSPS) is 10.2. The topological polar surface area (TPSA) is 53.7 Å². The maximum absolute atomic E-state index is 5.28. The van der Waals surface area contributed by atoms with Crippen LogP contribution in [0.5, 0.6) is 17.2 Å². The molecule has 18 heavy (non-hydrogen) atoms. The van der Waals surface area contributed by atoms with Gasteiger partial charge in [-0.3, -0.25) is 0 Å². The smallest absolute Gasteiger partial charge is 0.203 e. The van der Waals surface area contributed by atoms with E-state index in [2.05, 4.69) is 4.98 Å². The molecule has 0 aliphatic carbocycles. The molecular formula is C13H15NO4. The maximum atomic E-state index is 5.28. The molecule has 0 aliphatic rings. The highest BCUT2D eigenvalue weighted by atomic mass is 16.5. The minimum absolute atomic E-state index is 0.559. The number of methoxy groups -OCH3 is 3. The summed E-state index contributed by atoms with van der Waals surface area (Å²) in [4.78, 5) is 4.27. The van der Waals surface area contributed by atoms with Crippen molar-refractivity contribution in [2.75, 3.05) is 21.3 Å². The lowest BCUT2D eigenvalue weighted by molar-refractivity contribution is 0.324. The monoisotopic (exact) mass is 249 g/mol. The summed E-state index contributed by atoms with van der Waals surface area (Å²) in [5.41, 5.74) is 1.58. The highest BCUT2D eigenvalue weighted by molar-refractivity contribution is 5.68. The van der Waals surface area contributed by atoms with E-state index in [1.165, 1.54) is 0 Å². The molecule has 0 fully saturated rings. The minimum Gasteiger partial charge on any atom is -0.493 e. The van der Waals surface area contributed by atoms with Crippen LogP contribution in [0.3, 0.4) is 0 Å². The third-order valence-electron chi connectivity index (χ3n) is 2.58. The molecule has 0 aliphatic heterocycles. The Balaban J connectivity index is 2.56. The zero-order chi connectivity index (χ0) is 13.1. The summed E-state index contributed by atoms with van der Waals surface area (Å²) in [7, 11) is 4.73. The summed E-state index contributed by atoms with van der Waals surface area (Å²) >= 11 is 0. The summed E-state index contributed by atoms with van der Waals surface area (Å²) in [5, 5.41) is 0. The van der Waals surface area contributed by atoms with Gasteiger partial charge < -0.3 is 18.6 Å². The van der Waals surface area contributed by atoms with Gasteiger partial charge in [-0.05, 0) is 12.1 Å². The lowest BCUT2D eigenvalue weighted by atomic mass is 10.1. The Kier molecular flexibility index (Phi) is 3.41. The van der Waals surface area contributed by atoms with E-state index in [4.69, 9.17) is 18.6 Å². The molecular weight excluding hydrogens is 234 g/mol. The van der Waals surface area contributed by atoms with Crippen LogP contribution in [0.2, 0.25) is 0 Å². The number of rotatable bonds is 4. The van der Waals surface area contributed by atoms with E-state index in [1.54, 1.807) is 34.5 Å². The number of aromatic nitrogens is 1. The van der Waals surface area contributed by atoms with Crippen molar-refractivity contribution >= 4 is 0 Å². The number of benzene rings is 1. The number of aryl methyl sites for hydroxylation is 1. The Morgan fingerprint density at radius 3 is 2.00 bits per heavy atom. The average molecular weight is 249 g/mol. The molecule has 0 unspecified atom stereocenters. The van der Waals surface area contributed by atoms with Gasteiger partial charge in [0.2, 0.25) is 5.75 Å². The van der Waals surface area contributed by atoms with Gasteiger partial charge in [-0.25, -0.2) is 4.98 Å². The molecule has 0 bridgehead atoms. The van der Waals surface area contributed by atoms with E-state index in [-0.39, 0.29) is 0 Å². The number of ether oxygens (including phenoxy) is 3. The van der Waals surface area contributed by atoms with Crippen molar-refractivity contribution in [3.63, 3.8) is 0 Å². The zero-order valence-electron chi connectivity index (χ0n) is 10.8. The first kappa shape index (κ1) is 12.3. The van der Waals surface area contributed by atoms with E-state index < -0.39 is 0 Å². The third-order valence-corrected chi connectivity index (χ3v) is 2.58. The van der Waals surface area contributed by atoms with E-state index in [0.29, 0.717) is 23.1 Å². The van der Waals surface area contributed by atoms with Gasteiger partial charge in [0.15, 0.2) is 17.4 Å². The van der Waals surface area contributed by atoms with Crippen molar-refractivity contribution in [3.05, 3.63) is 24.3 Å². The molecule has 5 heteroatoms. The van der Waals surface area contributed by atoms with Crippen molar-refractivity contribution in [3.8, 4) is 28.5 Å². The van der Waals surface area contributed by atoms with Crippen molar-refractivity contribution < 1.29 is 18.6 Å². The Labute approximate surface area is 105 Å². The van der Waals surface area contributed by atoms with Crippen LogP contribution in [-0.2, 0) is 0 Å². The van der Waals surface area contributed by atoms with Crippen LogP contribution < -0.4 is 14.2 Å². The molecule has 0 spiro atoms. The van der Waals surface area contributed by atoms with E-state index in [1.807, 2.05) is 12.1 Å². The molecule has 0 radical (unpaired) electrons. The standard InChI is InChI=1S/C13H15NO4/c1-8-14-10(7-18-8)9-5-11(15-2)13(17-4)12(6-9)16-3/h5-7H,1-4H3. The van der Waals surface area contributed by atoms with Gasteiger partial charge >= 0.3 is 0 Å². The van der Waals surface area contributed by atoms with E-state index >= 15 is 0 Å². The summed E-state index contributed by atoms with van der Waals surface area (Å²) in [6, 6.07) is 3.66. The van der Waals surface area contributed by atoms with Crippen molar-refractivity contribution in [1.29, 1.82) is 0 Å². The van der Waals surface area contributed by atoms with Gasteiger partial charge in [0, 0.05) is 12.5 Å². The van der Waals surface area contributed by atoms with Gasteiger partial charge in [-0.15, -0.1) is 0 Å². The molecule has 0 saturated heterocycles. The zero-order valence-corrected chi connectivity index (χ0v) is 10.8. The fourth-order valence-corrected chi connectivity index (χ4v) is 1.72. The van der Waals surface area contributed by atoms with Gasteiger partial charge in [0.05, 0.1) is 21.3 Å². The fourth-order valence-electron chi connectivity index (χ4n) is 1.72. The second-order valence-corrected chi connectivity index (χ2v) is 3.67. The average Bonchev–Trinajstić information content (AvgIpc) is 2.83. The Morgan fingerprint density at radius 1 is 1.00 bits per heavy atom. The van der Waals surface area contributed by atoms with E-state index in [0.717, 1.165) is 11.3 Å². The summed E-state index contributed by atoms with van der Waals surface area (Å²) in [6.07, 6.45) is 1.59. The SMILES string of the molecule is COc1cc(-c2coc(C)n2)cc(OC)c1OC. The molecule has 1 aromatic carbocycles. The number of nitrogens with zero attached hydrogens (tertiary/aromatic N) is 1. The van der Waals surface area contributed by atoms with E-state index in [9.17, 15) is 0 Å². The first-order valence-electron chi connectivity index (χ1n) is 5.42. The maximum Gasteiger partial charge on any atom is 0.203 e. The lowest BCUT2D eigenvalue weighted by Gasteiger charge is -2.13. The summed E-state index contributed by atoms with van der Waals surface area (Å²) in [5.74, 6) is 2.35. The van der Waals surface area contributed by atoms with Crippen molar-refractivity contribution in [2.45, 2.75) is 6.92 Å². The molecule has 0 N–H and O–H groups in total. The summed E-state index contributed by atoms with van der Waals surface area (Å²) in [6.45, 7) is 1.79. The molecule has 5 nitrogen and oxygen atoms in total. The molecule has 1 heterocycles. The number of hydrogen-bond acceptors (Lipinski definition) is 5. The summed E-state index contributed by atoms with van der Waals surface area (Å²) < 4.78 is 21.0. The first-order valence-corrected chi connectivity index (χ1v) is 5.42. The molecule has 0 amide bonds. The molecule has 2 aromatic rings. The van der Waals surface area contributed by atoms with Crippen LogP contribution in [0.1, 0.15) is 5.89 Å². The van der Waals surface area contributed by atoms with Crippen LogP contribution in [0.25, 0.3) is 11.3 Å². The molecule has 1 aromatic heterocycles. The lowest BCUT2D eigenvalue weighted by Crippen LogP contribution is -1.95. The molecule has 0 saturated carbocycles. The Morgan fingerprint density at radius 2 is 1.61 bits per heavy atom. The Hall–Kier alpha value is -2.17. The fraction of sp³-hybridized carbons (Fsp3) is 0.308. The Bertz CT molecular complexity index is 523. The van der Waals surface area contributed by atoms with Gasteiger partial charge in [-0.1, -0.05) is 0 Å². The number of oxazole rings is 1. The van der Waals surface area contributed by atoms with Gasteiger partial charge in [0.1, 0.15) is 12.0 Å². The minimum atomic E-state index is 0.559. The van der Waals surface area contributed by atoms with Crippen LogP contribution in [0.15, 0.2) is 22.8 Å². The molecule has 0 atom stereocenters. The molecule has 2 rings (SSSR count). The second-order valence-electron chi connectivity index (χ2n) is 3.67. The third kappa shape index (κ3) is 2.11. The quantitative estimate of drug-likeness (QED) is 0.833. The van der Waals surface area contributed by atoms with Gasteiger partial charge in [0.25, 0.3) is 0 Å². The second kappa shape index (κ2) is 5.00. The van der Waals surface area contributed by atoms with Crippen molar-refractivity contribution in [1.82, 2.24) is 4.98 Å². The van der Waals surface area contributed by atoms with Gasteiger partial charge in [-0.2, -0.15) is 0 Å². The highest BCUT2D eigenvalue weighted by Crippen LogP contribution is 2.40. The van der Waals surface area contributed by atoms with Crippen molar-refractivity contribution in [2.24, 2.45) is 0 Å². The first-order chi connectivity index (χ1) is 8.69. The predicted octanol–water partition coefficient (Wildman–Crippen LogP) is 2.68. The molecule has 96 valence electrons. The van der Waals surface area contributed by atoms with Crippen LogP contribution in [0.4, 0.5) is 0 Å². The highest BCUT2D eigenvalue weighted by Gasteiger charge is 2.15. The number of hydrogen-bond donors (Lipinski definition) is 0. The largest absolute Gasteiger partial charge is 0.493 e. The predicted molar refractivity (Wildman–Crippen MR) is 66.3 cm³/mol. The van der Waals surface area contributed by atoms with Crippen LogP contribution >= 0.6 is 0 Å². The van der Waals surface area contributed by atoms with Crippen LogP contribution in [-0.4, -0.2) is 26.3 Å².